The molecule has 0 aromatic heterocycles. The molecule has 0 bridgehead atoms. The number of imide groups is 1. The quantitative estimate of drug-likeness (QED) is 0.348. The van der Waals surface area contributed by atoms with Crippen molar-refractivity contribution in [1.29, 1.82) is 0 Å². The Balaban J connectivity index is 1.51. The second-order valence-corrected chi connectivity index (χ2v) is 10.5. The van der Waals surface area contributed by atoms with Gasteiger partial charge in [0.25, 0.3) is 0 Å². The summed E-state index contributed by atoms with van der Waals surface area (Å²) in [7, 11) is 1.56. The van der Waals surface area contributed by atoms with Crippen molar-refractivity contribution in [3.05, 3.63) is 57.6 Å². The normalized spacial score (nSPS) is 20.0. The molecule has 1 saturated heterocycles. The van der Waals surface area contributed by atoms with Gasteiger partial charge in [-0.15, -0.1) is 0 Å². The highest BCUT2D eigenvalue weighted by atomic mass is 35.5. The Morgan fingerprint density at radius 3 is 2.39 bits per heavy atom. The van der Waals surface area contributed by atoms with E-state index in [2.05, 4.69) is 11.8 Å². The first-order chi connectivity index (χ1) is 18.2. The minimum absolute atomic E-state index is 0.0157. The number of aliphatic carboxylic acids is 1. The summed E-state index contributed by atoms with van der Waals surface area (Å²) in [6.45, 7) is 3.04. The second-order valence-electron chi connectivity index (χ2n) is 9.70. The van der Waals surface area contributed by atoms with Crippen LogP contribution in [-0.4, -0.2) is 59.0 Å². The fourth-order valence-electron chi connectivity index (χ4n) is 5.19. The fourth-order valence-corrected chi connectivity index (χ4v) is 5.50. The number of carbonyl (C=O) groups is 3. The van der Waals surface area contributed by atoms with Gasteiger partial charge in [0.15, 0.2) is 11.5 Å². The Morgan fingerprint density at radius 1 is 1.08 bits per heavy atom. The fraction of sp³-hybridized carbons (Fsp3) is 0.464. The molecule has 1 aliphatic carbocycles. The van der Waals surface area contributed by atoms with Crippen molar-refractivity contribution < 1.29 is 29.0 Å². The Hall–Kier alpha value is -2.81. The highest BCUT2D eigenvalue weighted by molar-refractivity contribution is 6.42. The minimum atomic E-state index is -0.760. The van der Waals surface area contributed by atoms with Gasteiger partial charge >= 0.3 is 5.97 Å². The number of likely N-dealkylation sites (tertiary alicyclic amines) is 1. The maximum atomic E-state index is 11.8. The third kappa shape index (κ3) is 6.25. The van der Waals surface area contributed by atoms with Crippen LogP contribution in [0.5, 0.6) is 11.5 Å². The number of carbonyl (C=O) groups excluding carboxylic acids is 2. The van der Waals surface area contributed by atoms with Gasteiger partial charge in [0.05, 0.1) is 29.6 Å². The van der Waals surface area contributed by atoms with E-state index in [4.69, 9.17) is 32.7 Å². The number of hydrogen-bond acceptors (Lipinski definition) is 6. The molecule has 0 spiro atoms. The number of amides is 2. The molecule has 2 aliphatic rings. The van der Waals surface area contributed by atoms with Crippen molar-refractivity contribution in [2.45, 2.75) is 57.7 Å². The third-order valence-electron chi connectivity index (χ3n) is 7.37. The largest absolute Gasteiger partial charge is 0.493 e. The zero-order valence-corrected chi connectivity index (χ0v) is 23.0. The summed E-state index contributed by atoms with van der Waals surface area (Å²) in [5.74, 6) is -0.379. The van der Waals surface area contributed by atoms with Crippen molar-refractivity contribution in [2.75, 3.05) is 20.3 Å². The Kier molecular flexibility index (Phi) is 9.18. The van der Waals surface area contributed by atoms with Gasteiger partial charge in [-0.25, -0.2) is 0 Å². The van der Waals surface area contributed by atoms with Gasteiger partial charge < -0.3 is 14.6 Å². The van der Waals surface area contributed by atoms with Crippen LogP contribution < -0.4 is 9.47 Å². The predicted molar refractivity (Wildman–Crippen MR) is 144 cm³/mol. The van der Waals surface area contributed by atoms with E-state index in [-0.39, 0.29) is 55.8 Å². The lowest BCUT2D eigenvalue weighted by Gasteiger charge is -2.45. The Labute approximate surface area is 232 Å². The molecule has 10 heteroatoms. The molecule has 1 saturated carbocycles. The zero-order chi connectivity index (χ0) is 27.4. The Morgan fingerprint density at radius 2 is 1.79 bits per heavy atom. The number of rotatable bonds is 12. The molecule has 1 atom stereocenters. The van der Waals surface area contributed by atoms with Crippen molar-refractivity contribution >= 4 is 41.0 Å². The van der Waals surface area contributed by atoms with Crippen LogP contribution in [0.2, 0.25) is 10.0 Å². The summed E-state index contributed by atoms with van der Waals surface area (Å²) >= 11 is 12.5. The summed E-state index contributed by atoms with van der Waals surface area (Å²) in [6.07, 6.45) is 2.47. The highest BCUT2D eigenvalue weighted by Crippen LogP contribution is 2.41. The van der Waals surface area contributed by atoms with Crippen molar-refractivity contribution in [1.82, 2.24) is 9.80 Å². The van der Waals surface area contributed by atoms with Crippen LogP contribution in [0, 0.1) is 5.92 Å². The van der Waals surface area contributed by atoms with Crippen LogP contribution in [0.15, 0.2) is 36.4 Å². The average molecular weight is 563 g/mol. The standard InChI is InChI=1S/C28H32Cl2N2O6/c1-3-23(18-5-6-21(29)22(30)15-18)32(20-13-19(14-20)28(35)36)16-17-4-7-24(25(12-17)37-2)38-11-10-31-26(33)8-9-27(31)34/h4-7,12,15,19-20,23H,3,8-11,13-14,16H2,1-2H3,(H,35,36). The summed E-state index contributed by atoms with van der Waals surface area (Å²) < 4.78 is 11.4. The summed E-state index contributed by atoms with van der Waals surface area (Å²) in [4.78, 5) is 38.7. The number of halogens is 2. The van der Waals surface area contributed by atoms with Crippen LogP contribution in [0.1, 0.15) is 56.2 Å². The Bertz CT molecular complexity index is 1180. The number of carboxylic acid groups (broad SMARTS) is 1. The van der Waals surface area contributed by atoms with Gasteiger partial charge in [-0.2, -0.15) is 0 Å². The molecule has 1 N–H and O–H groups in total. The topological polar surface area (TPSA) is 96.4 Å². The monoisotopic (exact) mass is 562 g/mol. The lowest BCUT2D eigenvalue weighted by molar-refractivity contribution is -0.148. The molecule has 1 unspecified atom stereocenters. The number of carboxylic acids is 1. The molecule has 204 valence electrons. The summed E-state index contributed by atoms with van der Waals surface area (Å²) in [5, 5.41) is 10.4. The van der Waals surface area contributed by atoms with Crippen LogP contribution in [0.25, 0.3) is 0 Å². The lowest BCUT2D eigenvalue weighted by Crippen LogP contribution is -2.48. The third-order valence-corrected chi connectivity index (χ3v) is 8.11. The molecule has 2 aromatic carbocycles. The zero-order valence-electron chi connectivity index (χ0n) is 21.5. The molecule has 2 amide bonds. The highest BCUT2D eigenvalue weighted by Gasteiger charge is 2.40. The van der Waals surface area contributed by atoms with E-state index in [1.54, 1.807) is 13.2 Å². The molecule has 0 radical (unpaired) electrons. The van der Waals surface area contributed by atoms with Crippen molar-refractivity contribution in [3.63, 3.8) is 0 Å². The molecule has 1 heterocycles. The molecule has 2 fully saturated rings. The number of nitrogens with zero attached hydrogens (tertiary/aromatic N) is 2. The number of ether oxygens (including phenoxy) is 2. The van der Waals surface area contributed by atoms with E-state index in [0.717, 1.165) is 17.5 Å². The first kappa shape index (κ1) is 28.2. The average Bonchev–Trinajstić information content (AvgIpc) is 3.18. The second kappa shape index (κ2) is 12.4. The SMILES string of the molecule is CCC(c1ccc(Cl)c(Cl)c1)N(Cc1ccc(OCCN2C(=O)CCC2=O)c(OC)c1)C1CC(C(=O)O)C1. The molecule has 38 heavy (non-hydrogen) atoms. The maximum Gasteiger partial charge on any atom is 0.306 e. The van der Waals surface area contributed by atoms with Gasteiger partial charge in [-0.1, -0.05) is 42.3 Å². The number of hydrogen-bond donors (Lipinski definition) is 1. The molecule has 8 nitrogen and oxygen atoms in total. The maximum absolute atomic E-state index is 11.8. The molecule has 2 aromatic rings. The van der Waals surface area contributed by atoms with Gasteiger partial charge in [-0.05, 0) is 54.7 Å². The van der Waals surface area contributed by atoms with E-state index in [1.807, 2.05) is 30.3 Å². The van der Waals surface area contributed by atoms with Crippen molar-refractivity contribution in [2.24, 2.45) is 5.92 Å². The number of methoxy groups -OCH3 is 1. The van der Waals surface area contributed by atoms with E-state index >= 15 is 0 Å². The van der Waals surface area contributed by atoms with E-state index in [0.29, 0.717) is 40.9 Å². The summed E-state index contributed by atoms with van der Waals surface area (Å²) in [6, 6.07) is 11.4. The predicted octanol–water partition coefficient (Wildman–Crippen LogP) is 5.35. The molecule has 1 aliphatic heterocycles. The van der Waals surface area contributed by atoms with E-state index < -0.39 is 5.97 Å². The van der Waals surface area contributed by atoms with Crippen LogP contribution in [-0.2, 0) is 20.9 Å². The lowest BCUT2D eigenvalue weighted by atomic mass is 9.78. The van der Waals surface area contributed by atoms with Crippen molar-refractivity contribution in [3.8, 4) is 11.5 Å². The van der Waals surface area contributed by atoms with E-state index in [9.17, 15) is 19.5 Å². The van der Waals surface area contributed by atoms with Gasteiger partial charge in [0, 0.05) is 31.5 Å². The molecular weight excluding hydrogens is 531 g/mol. The molecular formula is C28H32Cl2N2O6. The summed E-state index contributed by atoms with van der Waals surface area (Å²) in [5.41, 5.74) is 2.01. The first-order valence-corrected chi connectivity index (χ1v) is 13.5. The van der Waals surface area contributed by atoms with Crippen LogP contribution >= 0.6 is 23.2 Å². The van der Waals surface area contributed by atoms with E-state index in [1.165, 1.54) is 4.90 Å². The minimum Gasteiger partial charge on any atom is -0.493 e. The number of benzene rings is 2. The van der Waals surface area contributed by atoms with Gasteiger partial charge in [0.1, 0.15) is 6.61 Å². The first-order valence-electron chi connectivity index (χ1n) is 12.8. The van der Waals surface area contributed by atoms with Crippen LogP contribution in [0.3, 0.4) is 0 Å². The van der Waals surface area contributed by atoms with Gasteiger partial charge in [0.2, 0.25) is 11.8 Å². The molecule has 4 rings (SSSR count). The smallest absolute Gasteiger partial charge is 0.306 e. The van der Waals surface area contributed by atoms with Crippen LogP contribution in [0.4, 0.5) is 0 Å². The van der Waals surface area contributed by atoms with Gasteiger partial charge in [-0.3, -0.25) is 24.2 Å².